The van der Waals surface area contributed by atoms with Crippen molar-refractivity contribution in [3.8, 4) is 0 Å². The number of ether oxygens (including phenoxy) is 1. The highest BCUT2D eigenvalue weighted by Crippen LogP contribution is 2.16. The summed E-state index contributed by atoms with van der Waals surface area (Å²) in [7, 11) is 0. The van der Waals surface area contributed by atoms with E-state index >= 15 is 0 Å². The Hall–Kier alpha value is -0.790. The molecule has 0 aromatic heterocycles. The topological polar surface area (TPSA) is 26.3 Å². The average molecular weight is 212 g/mol. The van der Waals surface area contributed by atoms with Crippen molar-refractivity contribution in [2.24, 2.45) is 11.8 Å². The zero-order valence-electron chi connectivity index (χ0n) is 10.6. The number of allylic oxidation sites excluding steroid dienone is 1. The van der Waals surface area contributed by atoms with Gasteiger partial charge in [0, 0.05) is 0 Å². The smallest absolute Gasteiger partial charge is 0.309 e. The second kappa shape index (κ2) is 7.49. The first kappa shape index (κ1) is 14.2. The predicted molar refractivity (Wildman–Crippen MR) is 63.6 cm³/mol. The van der Waals surface area contributed by atoms with Crippen molar-refractivity contribution in [1.82, 2.24) is 0 Å². The van der Waals surface area contributed by atoms with Crippen LogP contribution in [0.25, 0.3) is 0 Å². The highest BCUT2D eigenvalue weighted by atomic mass is 16.5. The van der Waals surface area contributed by atoms with Crippen LogP contribution in [0.2, 0.25) is 0 Å². The highest BCUT2D eigenvalue weighted by molar-refractivity contribution is 5.71. The molecule has 0 fully saturated rings. The molecule has 0 aliphatic heterocycles. The summed E-state index contributed by atoms with van der Waals surface area (Å²) in [5.74, 6) is 0.639. The molecule has 0 aliphatic rings. The summed E-state index contributed by atoms with van der Waals surface area (Å²) in [4.78, 5) is 11.5. The molecule has 88 valence electrons. The van der Waals surface area contributed by atoms with Crippen LogP contribution in [-0.2, 0) is 9.53 Å². The first-order chi connectivity index (χ1) is 6.99. The fourth-order valence-corrected chi connectivity index (χ4v) is 1.59. The Labute approximate surface area is 93.7 Å². The molecule has 2 heteroatoms. The summed E-state index contributed by atoms with van der Waals surface area (Å²) in [6.45, 7) is 10.4. The zero-order valence-corrected chi connectivity index (χ0v) is 10.6. The molecule has 15 heavy (non-hydrogen) atoms. The summed E-state index contributed by atoms with van der Waals surface area (Å²) in [6.07, 6.45) is 5.25. The minimum absolute atomic E-state index is 0.0347. The third-order valence-electron chi connectivity index (χ3n) is 2.27. The van der Waals surface area contributed by atoms with Crippen molar-refractivity contribution >= 4 is 5.97 Å². The maximum Gasteiger partial charge on any atom is 0.309 e. The van der Waals surface area contributed by atoms with Crippen LogP contribution in [0.15, 0.2) is 12.2 Å². The van der Waals surface area contributed by atoms with Gasteiger partial charge in [-0.1, -0.05) is 46.8 Å². The molecule has 0 heterocycles. The lowest BCUT2D eigenvalue weighted by atomic mass is 9.96. The largest absolute Gasteiger partial charge is 0.462 e. The van der Waals surface area contributed by atoms with Gasteiger partial charge in [-0.05, 0) is 18.3 Å². The van der Waals surface area contributed by atoms with Gasteiger partial charge in [0.15, 0.2) is 0 Å². The lowest BCUT2D eigenvalue weighted by molar-refractivity contribution is -0.152. The molecule has 2 nitrogen and oxygen atoms in total. The number of hydrogen-bond acceptors (Lipinski definition) is 2. The summed E-state index contributed by atoms with van der Waals surface area (Å²) < 4.78 is 5.43. The number of esters is 1. The molecule has 0 N–H and O–H groups in total. The van der Waals surface area contributed by atoms with E-state index in [1.807, 2.05) is 19.1 Å². The van der Waals surface area contributed by atoms with Crippen molar-refractivity contribution in [1.29, 1.82) is 0 Å². The van der Waals surface area contributed by atoms with Crippen molar-refractivity contribution in [2.45, 2.75) is 53.6 Å². The van der Waals surface area contributed by atoms with Crippen molar-refractivity contribution < 1.29 is 9.53 Å². The van der Waals surface area contributed by atoms with Gasteiger partial charge < -0.3 is 4.74 Å². The van der Waals surface area contributed by atoms with Crippen LogP contribution in [-0.4, -0.2) is 12.1 Å². The minimum Gasteiger partial charge on any atom is -0.462 e. The molecule has 0 rings (SSSR count). The normalized spacial score (nSPS) is 12.0. The molecule has 0 atom stereocenters. The van der Waals surface area contributed by atoms with Gasteiger partial charge in [0.05, 0.1) is 6.42 Å². The Balaban J connectivity index is 4.06. The minimum atomic E-state index is -0.118. The molecular weight excluding hydrogens is 188 g/mol. The van der Waals surface area contributed by atoms with Crippen LogP contribution < -0.4 is 0 Å². The van der Waals surface area contributed by atoms with Gasteiger partial charge in [-0.25, -0.2) is 0 Å². The molecule has 0 spiro atoms. The third-order valence-corrected chi connectivity index (χ3v) is 2.27. The fourth-order valence-electron chi connectivity index (χ4n) is 1.59. The highest BCUT2D eigenvalue weighted by Gasteiger charge is 2.20. The summed E-state index contributed by atoms with van der Waals surface area (Å²) >= 11 is 0. The van der Waals surface area contributed by atoms with E-state index in [1.54, 1.807) is 0 Å². The third kappa shape index (κ3) is 6.32. The Kier molecular flexibility index (Phi) is 7.10. The maximum absolute atomic E-state index is 11.5. The molecule has 0 aliphatic carbocycles. The number of carbonyl (C=O) groups excluding carboxylic acids is 1. The molecule has 0 aromatic carbocycles. The van der Waals surface area contributed by atoms with Crippen LogP contribution in [0, 0.1) is 11.8 Å². The monoisotopic (exact) mass is 212 g/mol. The van der Waals surface area contributed by atoms with Crippen LogP contribution >= 0.6 is 0 Å². The molecule has 0 bridgehead atoms. The van der Waals surface area contributed by atoms with Gasteiger partial charge in [0.2, 0.25) is 0 Å². The zero-order chi connectivity index (χ0) is 11.8. The SMILES string of the molecule is CC/C=C\CC(=O)OC(C(C)C)C(C)C. The number of carbonyl (C=O) groups is 1. The Morgan fingerprint density at radius 2 is 1.67 bits per heavy atom. The van der Waals surface area contributed by atoms with Crippen molar-refractivity contribution in [3.05, 3.63) is 12.2 Å². The van der Waals surface area contributed by atoms with Gasteiger partial charge in [-0.3, -0.25) is 4.79 Å². The van der Waals surface area contributed by atoms with E-state index in [0.717, 1.165) is 6.42 Å². The molecular formula is C13H24O2. The molecule has 0 aromatic rings. The predicted octanol–water partition coefficient (Wildman–Crippen LogP) is 3.57. The fraction of sp³-hybridized carbons (Fsp3) is 0.769. The summed E-state index contributed by atoms with van der Waals surface area (Å²) in [5, 5.41) is 0. The Morgan fingerprint density at radius 1 is 1.13 bits per heavy atom. The molecule has 0 saturated carbocycles. The van der Waals surface area contributed by atoms with E-state index in [4.69, 9.17) is 4.74 Å². The van der Waals surface area contributed by atoms with E-state index in [-0.39, 0.29) is 12.1 Å². The number of rotatable bonds is 6. The lowest BCUT2D eigenvalue weighted by Gasteiger charge is -2.24. The first-order valence-corrected chi connectivity index (χ1v) is 5.83. The standard InChI is InChI=1S/C13H24O2/c1-6-7-8-9-12(14)15-13(10(2)3)11(4)5/h7-8,10-11,13H,6,9H2,1-5H3/b8-7-. The van der Waals surface area contributed by atoms with E-state index in [1.165, 1.54) is 0 Å². The molecule has 0 amide bonds. The second-order valence-electron chi connectivity index (χ2n) is 4.53. The van der Waals surface area contributed by atoms with E-state index in [2.05, 4.69) is 27.7 Å². The van der Waals surface area contributed by atoms with Crippen LogP contribution in [0.5, 0.6) is 0 Å². The van der Waals surface area contributed by atoms with Gasteiger partial charge >= 0.3 is 5.97 Å². The van der Waals surface area contributed by atoms with Crippen LogP contribution in [0.3, 0.4) is 0 Å². The van der Waals surface area contributed by atoms with Gasteiger partial charge in [-0.15, -0.1) is 0 Å². The first-order valence-electron chi connectivity index (χ1n) is 5.83. The van der Waals surface area contributed by atoms with E-state index in [0.29, 0.717) is 18.3 Å². The van der Waals surface area contributed by atoms with Gasteiger partial charge in [0.1, 0.15) is 6.10 Å². The Bertz CT molecular complexity index is 197. The van der Waals surface area contributed by atoms with E-state index < -0.39 is 0 Å². The van der Waals surface area contributed by atoms with Gasteiger partial charge in [0.25, 0.3) is 0 Å². The molecule has 0 unspecified atom stereocenters. The lowest BCUT2D eigenvalue weighted by Crippen LogP contribution is -2.28. The Morgan fingerprint density at radius 3 is 2.07 bits per heavy atom. The summed E-state index contributed by atoms with van der Waals surface area (Å²) in [5.41, 5.74) is 0. The van der Waals surface area contributed by atoms with Gasteiger partial charge in [-0.2, -0.15) is 0 Å². The van der Waals surface area contributed by atoms with Crippen molar-refractivity contribution in [2.75, 3.05) is 0 Å². The van der Waals surface area contributed by atoms with E-state index in [9.17, 15) is 4.79 Å². The quantitative estimate of drug-likeness (QED) is 0.497. The molecule has 0 radical (unpaired) electrons. The van der Waals surface area contributed by atoms with Crippen LogP contribution in [0.1, 0.15) is 47.5 Å². The summed E-state index contributed by atoms with van der Waals surface area (Å²) in [6, 6.07) is 0. The second-order valence-corrected chi connectivity index (χ2v) is 4.53. The number of hydrogen-bond donors (Lipinski definition) is 0. The van der Waals surface area contributed by atoms with Crippen LogP contribution in [0.4, 0.5) is 0 Å². The maximum atomic E-state index is 11.5. The van der Waals surface area contributed by atoms with Crippen molar-refractivity contribution in [3.63, 3.8) is 0 Å². The molecule has 0 saturated heterocycles. The average Bonchev–Trinajstić information content (AvgIpc) is 2.13.